The van der Waals surface area contributed by atoms with Gasteiger partial charge in [-0.2, -0.15) is 0 Å². The van der Waals surface area contributed by atoms with Gasteiger partial charge in [-0.3, -0.25) is 9.59 Å². The second-order valence-electron chi connectivity index (χ2n) is 6.68. The van der Waals surface area contributed by atoms with Gasteiger partial charge in [0.15, 0.2) is 0 Å². The minimum absolute atomic E-state index is 0.0583. The van der Waals surface area contributed by atoms with Gasteiger partial charge in [-0.05, 0) is 24.5 Å². The van der Waals surface area contributed by atoms with E-state index < -0.39 is 11.8 Å². The third-order valence-electron chi connectivity index (χ3n) is 5.11. The summed E-state index contributed by atoms with van der Waals surface area (Å²) in [5, 5.41) is 12.3. The summed E-state index contributed by atoms with van der Waals surface area (Å²) >= 11 is 0. The summed E-state index contributed by atoms with van der Waals surface area (Å²) in [6, 6.07) is 7.64. The van der Waals surface area contributed by atoms with Crippen molar-refractivity contribution in [3.8, 4) is 0 Å². The van der Waals surface area contributed by atoms with Gasteiger partial charge in [0.25, 0.3) is 0 Å². The molecule has 1 aromatic rings. The van der Waals surface area contributed by atoms with Crippen LogP contribution in [0, 0.1) is 5.92 Å². The van der Waals surface area contributed by atoms with Crippen molar-refractivity contribution in [1.29, 1.82) is 0 Å². The maximum absolute atomic E-state index is 12.6. The Morgan fingerprint density at radius 1 is 1.26 bits per heavy atom. The molecule has 0 aromatic heterocycles. The molecule has 2 N–H and O–H groups in total. The number of anilines is 1. The quantitative estimate of drug-likeness (QED) is 0.818. The molecule has 3 atom stereocenters. The zero-order chi connectivity index (χ0) is 16.4. The van der Waals surface area contributed by atoms with Crippen molar-refractivity contribution in [2.75, 3.05) is 18.1 Å². The number of aliphatic hydroxyl groups is 1. The van der Waals surface area contributed by atoms with E-state index in [1.54, 1.807) is 4.90 Å². The second kappa shape index (κ2) is 6.71. The van der Waals surface area contributed by atoms with Crippen LogP contribution >= 0.6 is 0 Å². The van der Waals surface area contributed by atoms with E-state index in [9.17, 15) is 14.7 Å². The van der Waals surface area contributed by atoms with E-state index in [4.69, 9.17) is 0 Å². The number of carbonyl (C=O) groups is 2. The number of nitrogens with zero attached hydrogens (tertiary/aromatic N) is 1. The van der Waals surface area contributed by atoms with E-state index in [1.807, 2.05) is 24.3 Å². The van der Waals surface area contributed by atoms with Crippen molar-refractivity contribution in [3.63, 3.8) is 0 Å². The number of hydrogen-bond donors (Lipinski definition) is 2. The molecule has 0 bridgehead atoms. The minimum Gasteiger partial charge on any atom is -0.396 e. The van der Waals surface area contributed by atoms with Crippen LogP contribution < -0.4 is 10.2 Å². The second-order valence-corrected chi connectivity index (χ2v) is 6.68. The van der Waals surface area contributed by atoms with Gasteiger partial charge in [0.1, 0.15) is 0 Å². The number of fused-ring (bicyclic) bond motifs is 1. The lowest BCUT2D eigenvalue weighted by Gasteiger charge is -2.31. The monoisotopic (exact) mass is 316 g/mol. The van der Waals surface area contributed by atoms with Crippen LogP contribution in [-0.4, -0.2) is 36.1 Å². The topological polar surface area (TPSA) is 69.6 Å². The number of rotatable bonds is 2. The van der Waals surface area contributed by atoms with Gasteiger partial charge in [0.2, 0.25) is 0 Å². The fourth-order valence-electron chi connectivity index (χ4n) is 3.78. The maximum Gasteiger partial charge on any atom is 0.316 e. The van der Waals surface area contributed by atoms with Crippen LogP contribution in [0.1, 0.15) is 44.1 Å². The number of benzene rings is 1. The Morgan fingerprint density at radius 3 is 2.78 bits per heavy atom. The summed E-state index contributed by atoms with van der Waals surface area (Å²) in [7, 11) is 0. The molecule has 1 aliphatic carbocycles. The van der Waals surface area contributed by atoms with Gasteiger partial charge < -0.3 is 15.3 Å². The average molecular weight is 316 g/mol. The molecule has 2 aliphatic rings. The maximum atomic E-state index is 12.6. The summed E-state index contributed by atoms with van der Waals surface area (Å²) in [4.78, 5) is 26.5. The molecule has 0 saturated heterocycles. The van der Waals surface area contributed by atoms with Crippen LogP contribution in [0.3, 0.4) is 0 Å². The van der Waals surface area contributed by atoms with Crippen LogP contribution in [-0.2, 0) is 9.59 Å². The van der Waals surface area contributed by atoms with E-state index in [0.717, 1.165) is 36.9 Å². The fraction of sp³-hybridized carbons (Fsp3) is 0.556. The van der Waals surface area contributed by atoms with Crippen molar-refractivity contribution >= 4 is 17.5 Å². The van der Waals surface area contributed by atoms with E-state index in [2.05, 4.69) is 12.2 Å². The Balaban J connectivity index is 1.70. The highest BCUT2D eigenvalue weighted by Gasteiger charge is 2.34. The number of carbonyl (C=O) groups excluding carboxylic acids is 2. The van der Waals surface area contributed by atoms with Gasteiger partial charge in [-0.25, -0.2) is 0 Å². The smallest absolute Gasteiger partial charge is 0.316 e. The number of nitrogens with one attached hydrogen (secondary N) is 1. The first-order valence-electron chi connectivity index (χ1n) is 8.44. The number of para-hydroxylation sites is 1. The predicted molar refractivity (Wildman–Crippen MR) is 88.2 cm³/mol. The predicted octanol–water partition coefficient (Wildman–Crippen LogP) is 1.80. The molecule has 1 heterocycles. The minimum atomic E-state index is -0.556. The molecule has 3 unspecified atom stereocenters. The highest BCUT2D eigenvalue weighted by atomic mass is 16.3. The lowest BCUT2D eigenvalue weighted by atomic mass is 9.85. The molecular weight excluding hydrogens is 292 g/mol. The Bertz CT molecular complexity index is 602. The molecule has 1 aromatic carbocycles. The van der Waals surface area contributed by atoms with Crippen molar-refractivity contribution in [2.24, 2.45) is 5.92 Å². The van der Waals surface area contributed by atoms with Crippen molar-refractivity contribution in [3.05, 3.63) is 29.8 Å². The molecule has 2 amide bonds. The van der Waals surface area contributed by atoms with Crippen molar-refractivity contribution < 1.29 is 14.7 Å². The van der Waals surface area contributed by atoms with Gasteiger partial charge in [0, 0.05) is 36.7 Å². The van der Waals surface area contributed by atoms with Crippen LogP contribution in [0.4, 0.5) is 5.69 Å². The first-order valence-corrected chi connectivity index (χ1v) is 8.44. The van der Waals surface area contributed by atoms with E-state index in [-0.39, 0.29) is 24.5 Å². The van der Waals surface area contributed by atoms with Crippen LogP contribution in [0.25, 0.3) is 0 Å². The Morgan fingerprint density at radius 2 is 2.00 bits per heavy atom. The van der Waals surface area contributed by atoms with Crippen LogP contribution in [0.5, 0.6) is 0 Å². The molecule has 0 spiro atoms. The first kappa shape index (κ1) is 16.0. The highest BCUT2D eigenvalue weighted by Crippen LogP contribution is 2.35. The Labute approximate surface area is 136 Å². The molecule has 3 rings (SSSR count). The van der Waals surface area contributed by atoms with Gasteiger partial charge >= 0.3 is 11.8 Å². The molecule has 0 radical (unpaired) electrons. The van der Waals surface area contributed by atoms with E-state index in [0.29, 0.717) is 6.54 Å². The van der Waals surface area contributed by atoms with Crippen molar-refractivity contribution in [1.82, 2.24) is 5.32 Å². The molecule has 1 aliphatic heterocycles. The lowest BCUT2D eigenvalue weighted by molar-refractivity contribution is -0.138. The third-order valence-corrected chi connectivity index (χ3v) is 5.11. The third kappa shape index (κ3) is 3.11. The van der Waals surface area contributed by atoms with Gasteiger partial charge in [0.05, 0.1) is 0 Å². The van der Waals surface area contributed by atoms with E-state index in [1.165, 1.54) is 0 Å². The van der Waals surface area contributed by atoms with Crippen LogP contribution in [0.15, 0.2) is 24.3 Å². The number of aliphatic hydroxyl groups excluding tert-OH is 1. The summed E-state index contributed by atoms with van der Waals surface area (Å²) in [5.41, 5.74) is 1.95. The molecule has 5 heteroatoms. The zero-order valence-electron chi connectivity index (χ0n) is 13.5. The molecular formula is C18H24N2O3. The fourth-order valence-corrected chi connectivity index (χ4v) is 3.78. The largest absolute Gasteiger partial charge is 0.396 e. The summed E-state index contributed by atoms with van der Waals surface area (Å²) in [6.07, 6.45) is 3.83. The molecule has 1 fully saturated rings. The highest BCUT2D eigenvalue weighted by molar-refractivity contribution is 6.40. The van der Waals surface area contributed by atoms with Crippen molar-refractivity contribution in [2.45, 2.75) is 44.6 Å². The van der Waals surface area contributed by atoms with Gasteiger partial charge in [-0.15, -0.1) is 0 Å². The van der Waals surface area contributed by atoms with Crippen LogP contribution in [0.2, 0.25) is 0 Å². The Kier molecular flexibility index (Phi) is 4.66. The molecule has 124 valence electrons. The summed E-state index contributed by atoms with van der Waals surface area (Å²) < 4.78 is 0. The molecule has 5 nitrogen and oxygen atoms in total. The zero-order valence-corrected chi connectivity index (χ0v) is 13.5. The molecule has 1 saturated carbocycles. The Hall–Kier alpha value is -1.88. The van der Waals surface area contributed by atoms with Gasteiger partial charge in [-0.1, -0.05) is 38.0 Å². The molecule has 23 heavy (non-hydrogen) atoms. The number of amides is 2. The normalized spacial score (nSPS) is 26.7. The van der Waals surface area contributed by atoms with E-state index >= 15 is 0 Å². The lowest BCUT2D eigenvalue weighted by Crippen LogP contribution is -2.50. The number of hydrogen-bond acceptors (Lipinski definition) is 3. The standard InChI is InChI=1S/C18H24N2O3/c1-12-10-20(16-9-5-3-7-14(12)16)18(23)17(22)19-15-8-4-2-6-13(15)11-21/h3,5,7,9,12-13,15,21H,2,4,6,8,10-11H2,1H3,(H,19,22). The SMILES string of the molecule is CC1CN(C(=O)C(=O)NC2CCCCC2CO)c2ccccc21. The summed E-state index contributed by atoms with van der Waals surface area (Å²) in [5.74, 6) is -0.753. The first-order chi connectivity index (χ1) is 11.1. The average Bonchev–Trinajstić information content (AvgIpc) is 2.92. The summed E-state index contributed by atoms with van der Waals surface area (Å²) in [6.45, 7) is 2.66.